The highest BCUT2D eigenvalue weighted by molar-refractivity contribution is 7.05. The average molecular weight is 276 g/mol. The van der Waals surface area contributed by atoms with Crippen LogP contribution in [0.5, 0.6) is 5.75 Å². The summed E-state index contributed by atoms with van der Waals surface area (Å²) < 4.78 is 9.59. The summed E-state index contributed by atoms with van der Waals surface area (Å²) in [5.41, 5.74) is 4.14. The number of hydrazine groups is 1. The van der Waals surface area contributed by atoms with Crippen LogP contribution >= 0.6 is 11.5 Å². The summed E-state index contributed by atoms with van der Waals surface area (Å²) >= 11 is 1.39. The van der Waals surface area contributed by atoms with Crippen molar-refractivity contribution in [3.8, 4) is 5.75 Å². The molecule has 1 aromatic carbocycles. The molecule has 2 unspecified atom stereocenters. The van der Waals surface area contributed by atoms with Crippen LogP contribution in [0.25, 0.3) is 0 Å². The topological polar surface area (TPSA) is 73.1 Å². The van der Waals surface area contributed by atoms with Crippen molar-refractivity contribution in [1.29, 1.82) is 0 Å². The summed E-state index contributed by atoms with van der Waals surface area (Å²) in [6.07, 6.45) is 3.72. The van der Waals surface area contributed by atoms with Gasteiger partial charge in [0.25, 0.3) is 0 Å². The number of hydrogen-bond acceptors (Lipinski definition) is 6. The molecule has 19 heavy (non-hydrogen) atoms. The lowest BCUT2D eigenvalue weighted by molar-refractivity contribution is 0.255. The van der Waals surface area contributed by atoms with E-state index in [2.05, 4.69) is 27.1 Å². The Balaban J connectivity index is 1.80. The predicted molar refractivity (Wildman–Crippen MR) is 73.9 cm³/mol. The summed E-state index contributed by atoms with van der Waals surface area (Å²) in [6, 6.07) is 8.32. The minimum atomic E-state index is 0.0937. The minimum absolute atomic E-state index is 0.0937. The van der Waals surface area contributed by atoms with Crippen LogP contribution in [0.1, 0.15) is 35.2 Å². The molecule has 1 aliphatic heterocycles. The van der Waals surface area contributed by atoms with Gasteiger partial charge in [-0.25, -0.2) is 0 Å². The number of aromatic nitrogens is 2. The van der Waals surface area contributed by atoms with E-state index < -0.39 is 0 Å². The zero-order chi connectivity index (χ0) is 13.1. The van der Waals surface area contributed by atoms with Crippen LogP contribution in [-0.4, -0.2) is 16.2 Å². The molecule has 3 N–H and O–H groups in total. The minimum Gasteiger partial charge on any atom is -0.493 e. The number of hydrogen-bond donors (Lipinski definition) is 2. The monoisotopic (exact) mass is 276 g/mol. The first-order chi connectivity index (χ1) is 9.38. The molecule has 1 aliphatic rings. The van der Waals surface area contributed by atoms with Crippen LogP contribution in [0.4, 0.5) is 0 Å². The fourth-order valence-corrected chi connectivity index (χ4v) is 3.11. The molecule has 2 aromatic rings. The molecular formula is C13H16N4OS. The van der Waals surface area contributed by atoms with E-state index in [1.807, 2.05) is 12.1 Å². The molecule has 5 nitrogen and oxygen atoms in total. The molecule has 1 aromatic heterocycles. The van der Waals surface area contributed by atoms with E-state index in [1.54, 1.807) is 6.20 Å². The maximum Gasteiger partial charge on any atom is 0.122 e. The van der Waals surface area contributed by atoms with Crippen LogP contribution in [0.15, 0.2) is 30.5 Å². The molecule has 0 saturated carbocycles. The highest BCUT2D eigenvalue weighted by Gasteiger charge is 2.25. The number of para-hydroxylation sites is 1. The lowest BCUT2D eigenvalue weighted by atomic mass is 9.87. The van der Waals surface area contributed by atoms with E-state index in [0.717, 1.165) is 30.1 Å². The Kier molecular flexibility index (Phi) is 3.72. The first-order valence-electron chi connectivity index (χ1n) is 6.33. The lowest BCUT2D eigenvalue weighted by Crippen LogP contribution is -2.29. The van der Waals surface area contributed by atoms with Crippen LogP contribution in [-0.2, 0) is 0 Å². The third-order valence-electron chi connectivity index (χ3n) is 3.53. The van der Waals surface area contributed by atoms with Crippen molar-refractivity contribution in [2.75, 3.05) is 6.61 Å². The fraction of sp³-hybridized carbons (Fsp3) is 0.385. The van der Waals surface area contributed by atoms with Gasteiger partial charge in [-0.15, -0.1) is 5.10 Å². The number of ether oxygens (including phenoxy) is 1. The van der Waals surface area contributed by atoms with Gasteiger partial charge in [0, 0.05) is 0 Å². The van der Waals surface area contributed by atoms with E-state index in [-0.39, 0.29) is 6.04 Å². The van der Waals surface area contributed by atoms with Crippen LogP contribution in [0, 0.1) is 0 Å². The van der Waals surface area contributed by atoms with Gasteiger partial charge in [-0.3, -0.25) is 11.3 Å². The van der Waals surface area contributed by atoms with Crippen molar-refractivity contribution in [2.24, 2.45) is 5.84 Å². The summed E-state index contributed by atoms with van der Waals surface area (Å²) in [4.78, 5) is 1.08. The first-order valence-corrected chi connectivity index (χ1v) is 7.11. The number of nitrogens with two attached hydrogens (primary N) is 1. The molecule has 0 spiro atoms. The molecule has 2 atom stereocenters. The molecule has 0 saturated heterocycles. The molecule has 6 heteroatoms. The van der Waals surface area contributed by atoms with Crippen molar-refractivity contribution in [2.45, 2.75) is 24.8 Å². The smallest absolute Gasteiger partial charge is 0.122 e. The molecule has 100 valence electrons. The van der Waals surface area contributed by atoms with Crippen molar-refractivity contribution >= 4 is 11.5 Å². The zero-order valence-corrected chi connectivity index (χ0v) is 11.3. The quantitative estimate of drug-likeness (QED) is 0.660. The van der Waals surface area contributed by atoms with Gasteiger partial charge in [0.1, 0.15) is 5.75 Å². The summed E-state index contributed by atoms with van der Waals surface area (Å²) in [6.45, 7) is 0.764. The second-order valence-corrected chi connectivity index (χ2v) is 5.46. The Morgan fingerprint density at radius 3 is 3.16 bits per heavy atom. The number of rotatable bonds is 4. The molecule has 0 aliphatic carbocycles. The summed E-state index contributed by atoms with van der Waals surface area (Å²) in [5.74, 6) is 7.12. The highest BCUT2D eigenvalue weighted by atomic mass is 32.1. The van der Waals surface area contributed by atoms with Gasteiger partial charge in [0.2, 0.25) is 0 Å². The second kappa shape index (κ2) is 5.64. The molecule has 0 fully saturated rings. The van der Waals surface area contributed by atoms with Gasteiger partial charge in [0.15, 0.2) is 0 Å². The van der Waals surface area contributed by atoms with Gasteiger partial charge < -0.3 is 4.74 Å². The van der Waals surface area contributed by atoms with Gasteiger partial charge in [-0.05, 0) is 41.9 Å². The van der Waals surface area contributed by atoms with E-state index >= 15 is 0 Å². The summed E-state index contributed by atoms with van der Waals surface area (Å²) in [5, 5.41) is 3.88. The Bertz CT molecular complexity index is 531. The fourth-order valence-electron chi connectivity index (χ4n) is 2.54. The van der Waals surface area contributed by atoms with Gasteiger partial charge >= 0.3 is 0 Å². The lowest BCUT2D eigenvalue weighted by Gasteiger charge is -2.28. The van der Waals surface area contributed by atoms with Crippen LogP contribution in [0.2, 0.25) is 0 Å². The Morgan fingerprint density at radius 1 is 1.47 bits per heavy atom. The Morgan fingerprint density at radius 2 is 2.37 bits per heavy atom. The summed E-state index contributed by atoms with van der Waals surface area (Å²) in [7, 11) is 0. The SMILES string of the molecule is NNC(CC1CCOc2ccccc21)c1cnns1. The second-order valence-electron chi connectivity index (χ2n) is 4.65. The van der Waals surface area contributed by atoms with Crippen molar-refractivity contribution in [3.63, 3.8) is 0 Å². The molecule has 0 amide bonds. The Hall–Kier alpha value is -1.50. The molecule has 3 rings (SSSR count). The van der Waals surface area contributed by atoms with Gasteiger partial charge in [-0.2, -0.15) is 0 Å². The Labute approximate surface area is 115 Å². The average Bonchev–Trinajstić information content (AvgIpc) is 2.99. The van der Waals surface area contributed by atoms with Gasteiger partial charge in [0.05, 0.1) is 23.7 Å². The van der Waals surface area contributed by atoms with E-state index in [1.165, 1.54) is 17.1 Å². The zero-order valence-electron chi connectivity index (χ0n) is 10.5. The molecular weight excluding hydrogens is 260 g/mol. The van der Waals surface area contributed by atoms with Crippen LogP contribution < -0.4 is 16.0 Å². The normalized spacial score (nSPS) is 19.5. The molecule has 0 bridgehead atoms. The standard InChI is InChI=1S/C13H16N4OS/c14-16-11(13-8-15-17-19-13)7-9-5-6-18-12-4-2-1-3-10(9)12/h1-4,8-9,11,16H,5-7,14H2. The molecule has 0 radical (unpaired) electrons. The maximum absolute atomic E-state index is 5.69. The maximum atomic E-state index is 5.69. The number of benzene rings is 1. The van der Waals surface area contributed by atoms with E-state index in [0.29, 0.717) is 5.92 Å². The molecule has 2 heterocycles. The number of nitrogens with one attached hydrogen (secondary N) is 1. The number of fused-ring (bicyclic) bond motifs is 1. The third-order valence-corrected chi connectivity index (χ3v) is 4.30. The highest BCUT2D eigenvalue weighted by Crippen LogP contribution is 2.38. The van der Waals surface area contributed by atoms with Crippen molar-refractivity contribution in [1.82, 2.24) is 15.0 Å². The predicted octanol–water partition coefficient (Wildman–Crippen LogP) is 2.00. The third kappa shape index (κ3) is 2.60. The number of nitrogens with zero attached hydrogens (tertiary/aromatic N) is 2. The van der Waals surface area contributed by atoms with Crippen molar-refractivity contribution < 1.29 is 4.74 Å². The van der Waals surface area contributed by atoms with E-state index in [9.17, 15) is 0 Å². The van der Waals surface area contributed by atoms with Gasteiger partial charge in [-0.1, -0.05) is 22.7 Å². The first kappa shape index (κ1) is 12.5. The van der Waals surface area contributed by atoms with E-state index in [4.69, 9.17) is 10.6 Å². The van der Waals surface area contributed by atoms with Crippen molar-refractivity contribution in [3.05, 3.63) is 40.9 Å². The van der Waals surface area contributed by atoms with Crippen LogP contribution in [0.3, 0.4) is 0 Å². The largest absolute Gasteiger partial charge is 0.493 e.